The number of carbonyl (C=O) groups excluding carboxylic acids is 1. The molecule has 188 valence electrons. The molecule has 0 N–H and O–H groups in total. The largest absolute Gasteiger partial charge is 0.371 e. The number of benzene rings is 2. The maximum Gasteiger partial charge on any atom is 0.243 e. The maximum absolute atomic E-state index is 13.4. The van der Waals surface area contributed by atoms with Crippen LogP contribution in [-0.4, -0.2) is 67.8 Å². The third-order valence-corrected chi connectivity index (χ3v) is 9.11. The number of piperazine rings is 1. The van der Waals surface area contributed by atoms with Gasteiger partial charge >= 0.3 is 0 Å². The topological polar surface area (TPSA) is 73.8 Å². The van der Waals surface area contributed by atoms with Gasteiger partial charge in [-0.1, -0.05) is 35.9 Å². The predicted molar refractivity (Wildman–Crippen MR) is 141 cm³/mol. The Hall–Kier alpha value is -2.94. The van der Waals surface area contributed by atoms with Crippen LogP contribution in [-0.2, 0) is 14.8 Å². The lowest BCUT2D eigenvalue weighted by Gasteiger charge is -2.38. The summed E-state index contributed by atoms with van der Waals surface area (Å²) in [6.07, 6.45) is 5.62. The fraction of sp³-hybridized carbons (Fsp3) is 0.333. The van der Waals surface area contributed by atoms with Crippen LogP contribution in [0.1, 0.15) is 12.8 Å². The number of rotatable bonds is 6. The van der Waals surface area contributed by atoms with Gasteiger partial charge in [-0.2, -0.15) is 4.31 Å². The van der Waals surface area contributed by atoms with Crippen molar-refractivity contribution in [1.82, 2.24) is 14.2 Å². The van der Waals surface area contributed by atoms with Crippen LogP contribution in [0.5, 0.6) is 0 Å². The number of hydrogen-bond acceptors (Lipinski definition) is 5. The van der Waals surface area contributed by atoms with Crippen molar-refractivity contribution >= 4 is 33.2 Å². The molecule has 0 saturated carbocycles. The normalized spacial score (nSPS) is 18.0. The number of halogens is 1. The average Bonchev–Trinajstić information content (AvgIpc) is 2.91. The lowest BCUT2D eigenvalue weighted by atomic mass is 9.95. The molecular weight excluding hydrogens is 496 g/mol. The first-order valence-electron chi connectivity index (χ1n) is 12.2. The summed E-state index contributed by atoms with van der Waals surface area (Å²) in [6.45, 7) is 3.16. The van der Waals surface area contributed by atoms with Gasteiger partial charge in [0.1, 0.15) is 0 Å². The first kappa shape index (κ1) is 24.7. The summed E-state index contributed by atoms with van der Waals surface area (Å²) in [5.74, 6) is 0.289. The van der Waals surface area contributed by atoms with Crippen molar-refractivity contribution in [3.8, 4) is 11.1 Å². The zero-order chi connectivity index (χ0) is 25.1. The van der Waals surface area contributed by atoms with Gasteiger partial charge in [-0.3, -0.25) is 9.78 Å². The summed E-state index contributed by atoms with van der Waals surface area (Å²) in [5.41, 5.74) is 2.79. The first-order chi connectivity index (χ1) is 17.4. The van der Waals surface area contributed by atoms with Gasteiger partial charge in [0.15, 0.2) is 0 Å². The van der Waals surface area contributed by atoms with Crippen molar-refractivity contribution in [2.24, 2.45) is 5.92 Å². The number of sulfonamides is 1. The van der Waals surface area contributed by atoms with E-state index in [1.54, 1.807) is 42.7 Å². The van der Waals surface area contributed by atoms with Crippen LogP contribution in [0.15, 0.2) is 78.0 Å². The number of aromatic nitrogens is 1. The number of nitrogens with zero attached hydrogens (tertiary/aromatic N) is 4. The number of amides is 1. The van der Waals surface area contributed by atoms with E-state index in [2.05, 4.69) is 9.88 Å². The van der Waals surface area contributed by atoms with E-state index in [0.717, 1.165) is 37.1 Å². The van der Waals surface area contributed by atoms with E-state index in [1.165, 1.54) is 9.99 Å². The highest BCUT2D eigenvalue weighted by molar-refractivity contribution is 7.89. The van der Waals surface area contributed by atoms with Crippen molar-refractivity contribution in [2.45, 2.75) is 17.7 Å². The molecule has 9 heteroatoms. The molecule has 0 aliphatic carbocycles. The molecule has 0 spiro atoms. The number of pyridine rings is 1. The summed E-state index contributed by atoms with van der Waals surface area (Å²) < 4.78 is 28.0. The van der Waals surface area contributed by atoms with Crippen molar-refractivity contribution in [1.29, 1.82) is 0 Å². The SMILES string of the molecule is O=C1CN(S(=O)(=O)c2cccc(-c3cccc(Cl)c3)c2)CCN1CC1CCN(c2ccncc2)CC1. The van der Waals surface area contributed by atoms with E-state index < -0.39 is 10.0 Å². The molecule has 5 rings (SSSR count). The van der Waals surface area contributed by atoms with E-state index in [1.807, 2.05) is 35.2 Å². The third-order valence-electron chi connectivity index (χ3n) is 7.03. The molecular formula is C27H29ClN4O3S. The van der Waals surface area contributed by atoms with Crippen molar-refractivity contribution in [3.05, 3.63) is 78.1 Å². The monoisotopic (exact) mass is 524 g/mol. The van der Waals surface area contributed by atoms with Crippen LogP contribution in [0.3, 0.4) is 0 Å². The van der Waals surface area contributed by atoms with Gasteiger partial charge in [-0.05, 0) is 66.3 Å². The first-order valence-corrected chi connectivity index (χ1v) is 14.0. The Labute approximate surface area is 217 Å². The van der Waals surface area contributed by atoms with Crippen LogP contribution >= 0.6 is 11.6 Å². The van der Waals surface area contributed by atoms with Crippen molar-refractivity contribution in [3.63, 3.8) is 0 Å². The molecule has 3 heterocycles. The Morgan fingerprint density at radius 2 is 1.58 bits per heavy atom. The van der Waals surface area contributed by atoms with Gasteiger partial charge in [0.2, 0.25) is 15.9 Å². The molecule has 1 amide bonds. The van der Waals surface area contributed by atoms with Crippen LogP contribution in [0, 0.1) is 5.92 Å². The van der Waals surface area contributed by atoms with Gasteiger partial charge in [0, 0.05) is 55.8 Å². The Kier molecular flexibility index (Phi) is 7.27. The second-order valence-electron chi connectivity index (χ2n) is 9.35. The lowest BCUT2D eigenvalue weighted by molar-refractivity contribution is -0.134. The minimum Gasteiger partial charge on any atom is -0.371 e. The van der Waals surface area contributed by atoms with Crippen molar-refractivity contribution < 1.29 is 13.2 Å². The zero-order valence-corrected chi connectivity index (χ0v) is 21.5. The molecule has 2 fully saturated rings. The predicted octanol–water partition coefficient (Wildman–Crippen LogP) is 4.15. The quantitative estimate of drug-likeness (QED) is 0.484. The summed E-state index contributed by atoms with van der Waals surface area (Å²) >= 11 is 6.11. The molecule has 2 saturated heterocycles. The minimum absolute atomic E-state index is 0.125. The molecule has 2 aromatic carbocycles. The fourth-order valence-electron chi connectivity index (χ4n) is 4.98. The second-order valence-corrected chi connectivity index (χ2v) is 11.7. The Morgan fingerprint density at radius 1 is 0.889 bits per heavy atom. The van der Waals surface area contributed by atoms with E-state index >= 15 is 0 Å². The molecule has 0 unspecified atom stereocenters. The summed E-state index contributed by atoms with van der Waals surface area (Å²) in [6, 6.07) is 18.2. The highest BCUT2D eigenvalue weighted by Gasteiger charge is 2.34. The van der Waals surface area contributed by atoms with E-state index in [9.17, 15) is 13.2 Å². The van der Waals surface area contributed by atoms with Gasteiger partial charge < -0.3 is 9.80 Å². The standard InChI is InChI=1S/C27H29ClN4O3S/c28-24-5-1-3-22(17-24)23-4-2-6-26(18-23)36(34,35)32-16-15-31(27(33)20-32)19-21-9-13-30(14-10-21)25-7-11-29-12-8-25/h1-8,11-12,17-18,21H,9-10,13-16,19-20H2. The number of piperidine rings is 1. The number of hydrogen-bond donors (Lipinski definition) is 0. The van der Waals surface area contributed by atoms with Crippen molar-refractivity contribution in [2.75, 3.05) is 44.2 Å². The fourth-order valence-corrected chi connectivity index (χ4v) is 6.60. The molecule has 2 aliphatic rings. The Balaban J connectivity index is 1.20. The summed E-state index contributed by atoms with van der Waals surface area (Å²) in [5, 5.41) is 0.588. The molecule has 1 aromatic heterocycles. The average molecular weight is 525 g/mol. The molecule has 7 nitrogen and oxygen atoms in total. The molecule has 36 heavy (non-hydrogen) atoms. The summed E-state index contributed by atoms with van der Waals surface area (Å²) in [4.78, 5) is 21.4. The maximum atomic E-state index is 13.4. The number of anilines is 1. The van der Waals surface area contributed by atoms with E-state index in [4.69, 9.17) is 11.6 Å². The molecule has 0 radical (unpaired) electrons. The van der Waals surface area contributed by atoms with Gasteiger partial charge in [0.25, 0.3) is 0 Å². The third kappa shape index (κ3) is 5.40. The van der Waals surface area contributed by atoms with Crippen LogP contribution in [0.4, 0.5) is 5.69 Å². The highest BCUT2D eigenvalue weighted by atomic mass is 35.5. The smallest absolute Gasteiger partial charge is 0.243 e. The van der Waals surface area contributed by atoms with E-state index in [0.29, 0.717) is 30.6 Å². The van der Waals surface area contributed by atoms with Gasteiger partial charge in [0.05, 0.1) is 11.4 Å². The Bertz CT molecular complexity index is 1330. The van der Waals surface area contributed by atoms with Crippen LogP contribution in [0.2, 0.25) is 5.02 Å². The molecule has 0 atom stereocenters. The van der Waals surface area contributed by atoms with Gasteiger partial charge in [-0.25, -0.2) is 8.42 Å². The van der Waals surface area contributed by atoms with Crippen LogP contribution < -0.4 is 4.90 Å². The highest BCUT2D eigenvalue weighted by Crippen LogP contribution is 2.28. The lowest BCUT2D eigenvalue weighted by Crippen LogP contribution is -2.53. The van der Waals surface area contributed by atoms with Crippen LogP contribution in [0.25, 0.3) is 11.1 Å². The molecule has 3 aromatic rings. The Morgan fingerprint density at radius 3 is 2.28 bits per heavy atom. The summed E-state index contributed by atoms with van der Waals surface area (Å²) in [7, 11) is -3.79. The second kappa shape index (κ2) is 10.6. The van der Waals surface area contributed by atoms with E-state index in [-0.39, 0.29) is 17.3 Å². The molecule has 0 bridgehead atoms. The zero-order valence-electron chi connectivity index (χ0n) is 20.0. The number of carbonyl (C=O) groups is 1. The molecule has 2 aliphatic heterocycles. The van der Waals surface area contributed by atoms with Gasteiger partial charge in [-0.15, -0.1) is 0 Å². The minimum atomic E-state index is -3.79.